The number of hydrogen-bond donors (Lipinski definition) is 2. The average Bonchev–Trinajstić information content (AvgIpc) is 2.36. The number of unbranched alkanes of at least 4 members (excludes halogenated alkanes) is 1. The average molecular weight is 231 g/mol. The third-order valence-electron chi connectivity index (χ3n) is 2.93. The molecule has 17 heavy (non-hydrogen) atoms. The van der Waals surface area contributed by atoms with Gasteiger partial charge in [-0.25, -0.2) is 0 Å². The van der Waals surface area contributed by atoms with E-state index in [0.29, 0.717) is 12.1 Å². The Labute approximate surface area is 104 Å². The van der Waals surface area contributed by atoms with E-state index in [1.807, 2.05) is 25.1 Å². The zero-order chi connectivity index (χ0) is 12.7. The molecular weight excluding hydrogens is 210 g/mol. The summed E-state index contributed by atoms with van der Waals surface area (Å²) < 4.78 is 0. The first-order chi connectivity index (χ1) is 8.22. The van der Waals surface area contributed by atoms with Gasteiger partial charge in [-0.15, -0.1) is 0 Å². The highest BCUT2D eigenvalue weighted by molar-refractivity contribution is 5.62. The minimum atomic E-state index is 0.253. The monoisotopic (exact) mass is 231 g/mol. The van der Waals surface area contributed by atoms with Gasteiger partial charge < -0.3 is 11.1 Å². The molecule has 3 N–H and O–H groups in total. The van der Waals surface area contributed by atoms with Crippen molar-refractivity contribution in [3.8, 4) is 6.07 Å². The van der Waals surface area contributed by atoms with Crippen molar-refractivity contribution in [2.75, 3.05) is 11.9 Å². The molecule has 0 aromatic heterocycles. The lowest BCUT2D eigenvalue weighted by atomic mass is 10.1. The van der Waals surface area contributed by atoms with Gasteiger partial charge in [0.25, 0.3) is 0 Å². The Kier molecular flexibility index (Phi) is 5.51. The van der Waals surface area contributed by atoms with Gasteiger partial charge in [0.05, 0.1) is 11.3 Å². The molecule has 3 nitrogen and oxygen atoms in total. The second kappa shape index (κ2) is 6.93. The topological polar surface area (TPSA) is 61.8 Å². The summed E-state index contributed by atoms with van der Waals surface area (Å²) in [4.78, 5) is 0. The van der Waals surface area contributed by atoms with E-state index in [2.05, 4.69) is 18.3 Å². The minimum Gasteiger partial charge on any atom is -0.380 e. The summed E-state index contributed by atoms with van der Waals surface area (Å²) in [6.07, 6.45) is 3.37. The second-order valence-electron chi connectivity index (χ2n) is 4.33. The fourth-order valence-electron chi connectivity index (χ4n) is 1.86. The molecular formula is C14H21N3. The highest BCUT2D eigenvalue weighted by Crippen LogP contribution is 2.21. The summed E-state index contributed by atoms with van der Waals surface area (Å²) >= 11 is 0. The number of nitrogens with zero attached hydrogens (tertiary/aromatic N) is 1. The molecule has 92 valence electrons. The van der Waals surface area contributed by atoms with Gasteiger partial charge in [0, 0.05) is 12.6 Å². The van der Waals surface area contributed by atoms with Crippen LogP contribution in [0, 0.1) is 18.3 Å². The van der Waals surface area contributed by atoms with Gasteiger partial charge in [0.2, 0.25) is 0 Å². The number of aryl methyl sites for hydroxylation is 1. The van der Waals surface area contributed by atoms with Gasteiger partial charge in [-0.3, -0.25) is 0 Å². The Morgan fingerprint density at radius 2 is 2.24 bits per heavy atom. The van der Waals surface area contributed by atoms with Crippen molar-refractivity contribution >= 4 is 5.69 Å². The van der Waals surface area contributed by atoms with E-state index >= 15 is 0 Å². The second-order valence-corrected chi connectivity index (χ2v) is 4.33. The van der Waals surface area contributed by atoms with Gasteiger partial charge in [-0.2, -0.15) is 5.26 Å². The molecule has 1 aromatic carbocycles. The first-order valence-corrected chi connectivity index (χ1v) is 6.19. The van der Waals surface area contributed by atoms with E-state index in [1.54, 1.807) is 0 Å². The number of nitrogens with two attached hydrogens (primary N) is 1. The van der Waals surface area contributed by atoms with E-state index in [-0.39, 0.29) is 6.04 Å². The summed E-state index contributed by atoms with van der Waals surface area (Å²) in [6, 6.07) is 8.22. The molecule has 0 aliphatic carbocycles. The number of para-hydroxylation sites is 1. The van der Waals surface area contributed by atoms with Crippen LogP contribution in [0.15, 0.2) is 18.2 Å². The molecule has 1 unspecified atom stereocenters. The number of nitrogens with one attached hydrogen (secondary N) is 1. The van der Waals surface area contributed by atoms with E-state index < -0.39 is 0 Å². The quantitative estimate of drug-likeness (QED) is 0.791. The fraction of sp³-hybridized carbons (Fsp3) is 0.500. The maximum Gasteiger partial charge on any atom is 0.101 e. The third kappa shape index (κ3) is 3.76. The van der Waals surface area contributed by atoms with Crippen molar-refractivity contribution in [2.24, 2.45) is 5.73 Å². The first-order valence-electron chi connectivity index (χ1n) is 6.19. The van der Waals surface area contributed by atoms with Crippen LogP contribution in [0.2, 0.25) is 0 Å². The lowest BCUT2D eigenvalue weighted by molar-refractivity contribution is 0.614. The largest absolute Gasteiger partial charge is 0.380 e. The number of benzene rings is 1. The Balaban J connectivity index is 2.82. The lowest BCUT2D eigenvalue weighted by Gasteiger charge is -2.20. The Morgan fingerprint density at radius 3 is 2.82 bits per heavy atom. The number of anilines is 1. The molecule has 0 saturated heterocycles. The standard InChI is InChI=1S/C14H21N3/c1-3-4-8-13(10-16)17-14-11(2)6-5-7-12(14)9-15/h5-7,13,17H,3-4,8,10,16H2,1-2H3. The van der Waals surface area contributed by atoms with Crippen molar-refractivity contribution in [2.45, 2.75) is 39.2 Å². The molecule has 0 aliphatic heterocycles. The zero-order valence-corrected chi connectivity index (χ0v) is 10.7. The molecule has 0 bridgehead atoms. The highest BCUT2D eigenvalue weighted by atomic mass is 14.9. The molecule has 1 aromatic rings. The predicted molar refractivity (Wildman–Crippen MR) is 71.9 cm³/mol. The summed E-state index contributed by atoms with van der Waals surface area (Å²) in [6.45, 7) is 4.78. The van der Waals surface area contributed by atoms with Gasteiger partial charge in [0.15, 0.2) is 0 Å². The fourth-order valence-corrected chi connectivity index (χ4v) is 1.86. The van der Waals surface area contributed by atoms with Crippen LogP contribution in [0.25, 0.3) is 0 Å². The van der Waals surface area contributed by atoms with Crippen molar-refractivity contribution < 1.29 is 0 Å². The number of nitriles is 1. The summed E-state index contributed by atoms with van der Waals surface area (Å²) in [5.41, 5.74) is 8.48. The molecule has 0 heterocycles. The van der Waals surface area contributed by atoms with Crippen LogP contribution in [0.3, 0.4) is 0 Å². The Bertz CT molecular complexity index is 393. The molecule has 0 saturated carbocycles. The Hall–Kier alpha value is -1.53. The van der Waals surface area contributed by atoms with Crippen LogP contribution >= 0.6 is 0 Å². The highest BCUT2D eigenvalue weighted by Gasteiger charge is 2.10. The van der Waals surface area contributed by atoms with Crippen LogP contribution in [0.4, 0.5) is 5.69 Å². The zero-order valence-electron chi connectivity index (χ0n) is 10.7. The van der Waals surface area contributed by atoms with E-state index in [9.17, 15) is 0 Å². The molecule has 3 heteroatoms. The normalized spacial score (nSPS) is 11.9. The van der Waals surface area contributed by atoms with E-state index in [4.69, 9.17) is 11.0 Å². The van der Waals surface area contributed by atoms with E-state index in [0.717, 1.165) is 30.5 Å². The van der Waals surface area contributed by atoms with Gasteiger partial charge >= 0.3 is 0 Å². The van der Waals surface area contributed by atoms with Crippen LogP contribution in [-0.2, 0) is 0 Å². The number of rotatable bonds is 6. The molecule has 0 radical (unpaired) electrons. The molecule has 1 rings (SSSR count). The van der Waals surface area contributed by atoms with Crippen LogP contribution in [0.1, 0.15) is 37.3 Å². The van der Waals surface area contributed by atoms with Gasteiger partial charge in [-0.05, 0) is 25.0 Å². The Morgan fingerprint density at radius 1 is 1.47 bits per heavy atom. The molecule has 1 atom stereocenters. The summed E-state index contributed by atoms with van der Waals surface area (Å²) in [5.74, 6) is 0. The van der Waals surface area contributed by atoms with Crippen molar-refractivity contribution in [1.82, 2.24) is 0 Å². The first kappa shape index (κ1) is 13.5. The molecule has 0 spiro atoms. The lowest BCUT2D eigenvalue weighted by Crippen LogP contribution is -2.29. The minimum absolute atomic E-state index is 0.253. The maximum absolute atomic E-state index is 9.08. The number of hydrogen-bond acceptors (Lipinski definition) is 3. The summed E-state index contributed by atoms with van der Waals surface area (Å²) in [7, 11) is 0. The smallest absolute Gasteiger partial charge is 0.101 e. The van der Waals surface area contributed by atoms with Crippen LogP contribution in [0.5, 0.6) is 0 Å². The molecule has 0 aliphatic rings. The van der Waals surface area contributed by atoms with Crippen molar-refractivity contribution in [3.05, 3.63) is 29.3 Å². The van der Waals surface area contributed by atoms with E-state index in [1.165, 1.54) is 0 Å². The third-order valence-corrected chi connectivity index (χ3v) is 2.93. The SMILES string of the molecule is CCCCC(CN)Nc1c(C)cccc1C#N. The van der Waals surface area contributed by atoms with Gasteiger partial charge in [0.1, 0.15) is 6.07 Å². The van der Waals surface area contributed by atoms with Crippen LogP contribution < -0.4 is 11.1 Å². The maximum atomic E-state index is 9.08. The van der Waals surface area contributed by atoms with Gasteiger partial charge in [-0.1, -0.05) is 31.9 Å². The predicted octanol–water partition coefficient (Wildman–Crippen LogP) is 2.80. The van der Waals surface area contributed by atoms with Crippen molar-refractivity contribution in [3.63, 3.8) is 0 Å². The summed E-state index contributed by atoms with van der Waals surface area (Å²) in [5, 5.41) is 12.5. The van der Waals surface area contributed by atoms with Crippen molar-refractivity contribution in [1.29, 1.82) is 5.26 Å². The molecule has 0 fully saturated rings. The molecule has 0 amide bonds. The van der Waals surface area contributed by atoms with Crippen LogP contribution in [-0.4, -0.2) is 12.6 Å².